The number of imidazole rings is 1. The Hall–Kier alpha value is -2.72. The van der Waals surface area contributed by atoms with E-state index in [1.165, 1.54) is 37.7 Å². The molecule has 2 aromatic heterocycles. The summed E-state index contributed by atoms with van der Waals surface area (Å²) in [6.45, 7) is 0. The maximum absolute atomic E-state index is 11.9. The standard InChI is InChI=1S/C24H22N2OS/c27-16-21-23(20-13-11-18(12-14-20)17-7-3-1-4-8-17)25-24-26(21)15-22(28-24)19-9-5-2-6-10-19/h2,5-6,9-17H,1,3-4,7-8H2. The van der Waals surface area contributed by atoms with Crippen molar-refractivity contribution in [3.05, 3.63) is 72.1 Å². The second-order valence-electron chi connectivity index (χ2n) is 7.53. The van der Waals surface area contributed by atoms with E-state index in [0.29, 0.717) is 11.6 Å². The molecule has 4 heteroatoms. The van der Waals surface area contributed by atoms with Crippen molar-refractivity contribution in [2.45, 2.75) is 38.0 Å². The van der Waals surface area contributed by atoms with Crippen LogP contribution in [0.4, 0.5) is 0 Å². The second kappa shape index (κ2) is 7.36. The first-order valence-corrected chi connectivity index (χ1v) is 10.8. The van der Waals surface area contributed by atoms with Gasteiger partial charge in [0.15, 0.2) is 11.2 Å². The fourth-order valence-electron chi connectivity index (χ4n) is 4.27. The van der Waals surface area contributed by atoms with Crippen LogP contribution in [0.5, 0.6) is 0 Å². The number of carbonyl (C=O) groups is 1. The first-order chi connectivity index (χ1) is 13.8. The van der Waals surface area contributed by atoms with Crippen molar-refractivity contribution in [1.29, 1.82) is 0 Å². The first kappa shape index (κ1) is 17.4. The van der Waals surface area contributed by atoms with Crippen molar-refractivity contribution < 1.29 is 4.79 Å². The smallest absolute Gasteiger partial charge is 0.195 e. The number of thiazole rings is 1. The van der Waals surface area contributed by atoms with Crippen LogP contribution in [-0.2, 0) is 0 Å². The number of fused-ring (bicyclic) bond motifs is 1. The largest absolute Gasteiger partial charge is 0.296 e. The number of benzene rings is 2. The van der Waals surface area contributed by atoms with Gasteiger partial charge in [-0.3, -0.25) is 9.20 Å². The van der Waals surface area contributed by atoms with Gasteiger partial charge in [-0.1, -0.05) is 85.2 Å². The maximum atomic E-state index is 11.9. The molecular weight excluding hydrogens is 364 g/mol. The highest BCUT2D eigenvalue weighted by molar-refractivity contribution is 7.20. The zero-order valence-electron chi connectivity index (χ0n) is 15.7. The van der Waals surface area contributed by atoms with Crippen LogP contribution in [0.15, 0.2) is 60.8 Å². The van der Waals surface area contributed by atoms with Crippen LogP contribution in [0, 0.1) is 0 Å². The molecule has 4 aromatic rings. The van der Waals surface area contributed by atoms with Crippen LogP contribution >= 0.6 is 11.3 Å². The molecule has 1 aliphatic rings. The fraction of sp³-hybridized carbons (Fsp3) is 0.250. The Morgan fingerprint density at radius 2 is 1.68 bits per heavy atom. The lowest BCUT2D eigenvalue weighted by molar-refractivity contribution is 0.111. The molecule has 0 N–H and O–H groups in total. The predicted octanol–water partition coefficient (Wildman–Crippen LogP) is 6.59. The number of hydrogen-bond acceptors (Lipinski definition) is 3. The van der Waals surface area contributed by atoms with Gasteiger partial charge in [0.05, 0.1) is 4.88 Å². The number of rotatable bonds is 4. The summed E-state index contributed by atoms with van der Waals surface area (Å²) in [7, 11) is 0. The van der Waals surface area contributed by atoms with Gasteiger partial charge in [0.2, 0.25) is 0 Å². The lowest BCUT2D eigenvalue weighted by atomic mass is 9.84. The third kappa shape index (κ3) is 3.08. The Labute approximate surface area is 168 Å². The number of aldehydes is 1. The summed E-state index contributed by atoms with van der Waals surface area (Å²) in [5.41, 5.74) is 4.98. The Bertz CT molecular complexity index is 1100. The zero-order chi connectivity index (χ0) is 18.9. The molecule has 140 valence electrons. The van der Waals surface area contributed by atoms with Crippen LogP contribution < -0.4 is 0 Å². The zero-order valence-corrected chi connectivity index (χ0v) is 16.5. The molecule has 3 nitrogen and oxygen atoms in total. The van der Waals surface area contributed by atoms with Crippen molar-refractivity contribution in [3.8, 4) is 21.7 Å². The highest BCUT2D eigenvalue weighted by atomic mass is 32.1. The lowest BCUT2D eigenvalue weighted by Gasteiger charge is -2.22. The maximum Gasteiger partial charge on any atom is 0.195 e. The minimum absolute atomic E-state index is 0.624. The van der Waals surface area contributed by atoms with Gasteiger partial charge in [0.25, 0.3) is 0 Å². The van der Waals surface area contributed by atoms with E-state index in [2.05, 4.69) is 36.4 Å². The number of hydrogen-bond donors (Lipinski definition) is 0. The molecule has 1 saturated carbocycles. The van der Waals surface area contributed by atoms with Gasteiger partial charge in [-0.15, -0.1) is 0 Å². The molecule has 0 saturated heterocycles. The molecule has 1 aliphatic carbocycles. The van der Waals surface area contributed by atoms with Crippen molar-refractivity contribution in [1.82, 2.24) is 9.38 Å². The normalized spacial score (nSPS) is 15.1. The molecule has 0 aliphatic heterocycles. The van der Waals surface area contributed by atoms with Gasteiger partial charge in [-0.2, -0.15) is 0 Å². The molecule has 2 heterocycles. The van der Waals surface area contributed by atoms with E-state index in [1.807, 2.05) is 28.8 Å². The Morgan fingerprint density at radius 1 is 0.929 bits per heavy atom. The van der Waals surface area contributed by atoms with E-state index in [-0.39, 0.29) is 0 Å². The molecule has 2 aromatic carbocycles. The Balaban J connectivity index is 1.50. The number of aromatic nitrogens is 2. The Kier molecular flexibility index (Phi) is 4.57. The van der Waals surface area contributed by atoms with E-state index in [0.717, 1.165) is 32.9 Å². The highest BCUT2D eigenvalue weighted by Gasteiger charge is 2.18. The van der Waals surface area contributed by atoms with Gasteiger partial charge >= 0.3 is 0 Å². The van der Waals surface area contributed by atoms with E-state index >= 15 is 0 Å². The van der Waals surface area contributed by atoms with Crippen LogP contribution in [0.3, 0.4) is 0 Å². The molecule has 0 bridgehead atoms. The minimum atomic E-state index is 0.624. The average Bonchev–Trinajstić information content (AvgIpc) is 3.33. The van der Waals surface area contributed by atoms with E-state index < -0.39 is 0 Å². The first-order valence-electron chi connectivity index (χ1n) is 9.96. The predicted molar refractivity (Wildman–Crippen MR) is 115 cm³/mol. The topological polar surface area (TPSA) is 34.4 Å². The van der Waals surface area contributed by atoms with Crippen molar-refractivity contribution >= 4 is 22.6 Å². The molecule has 0 radical (unpaired) electrons. The van der Waals surface area contributed by atoms with Gasteiger partial charge in [-0.25, -0.2) is 4.98 Å². The van der Waals surface area contributed by atoms with Gasteiger partial charge in [0, 0.05) is 11.8 Å². The summed E-state index contributed by atoms with van der Waals surface area (Å²) < 4.78 is 1.92. The van der Waals surface area contributed by atoms with Crippen LogP contribution in [0.1, 0.15) is 54.1 Å². The summed E-state index contributed by atoms with van der Waals surface area (Å²) in [6, 6.07) is 18.9. The molecule has 0 amide bonds. The SMILES string of the molecule is O=Cc1c(-c2ccc(C3CCCCC3)cc2)nc2sc(-c3ccccc3)cn12. The van der Waals surface area contributed by atoms with Crippen molar-refractivity contribution in [3.63, 3.8) is 0 Å². The van der Waals surface area contributed by atoms with Crippen LogP contribution in [-0.4, -0.2) is 15.7 Å². The third-order valence-electron chi connectivity index (χ3n) is 5.79. The van der Waals surface area contributed by atoms with Crippen molar-refractivity contribution in [2.24, 2.45) is 0 Å². The second-order valence-corrected chi connectivity index (χ2v) is 8.54. The van der Waals surface area contributed by atoms with Crippen LogP contribution in [0.2, 0.25) is 0 Å². The quantitative estimate of drug-likeness (QED) is 0.371. The average molecular weight is 387 g/mol. The fourth-order valence-corrected chi connectivity index (χ4v) is 5.27. The summed E-state index contributed by atoms with van der Waals surface area (Å²) in [4.78, 5) is 18.6. The van der Waals surface area contributed by atoms with E-state index in [9.17, 15) is 4.79 Å². The van der Waals surface area contributed by atoms with Gasteiger partial charge in [-0.05, 0) is 29.9 Å². The lowest BCUT2D eigenvalue weighted by Crippen LogP contribution is -2.04. The molecular formula is C24H22N2OS. The van der Waals surface area contributed by atoms with Crippen LogP contribution in [0.25, 0.3) is 26.7 Å². The van der Waals surface area contributed by atoms with E-state index in [1.54, 1.807) is 11.3 Å². The number of nitrogens with zero attached hydrogens (tertiary/aromatic N) is 2. The summed E-state index contributed by atoms with van der Waals surface area (Å²) in [6.07, 6.45) is 9.57. The highest BCUT2D eigenvalue weighted by Crippen LogP contribution is 2.35. The monoisotopic (exact) mass is 386 g/mol. The molecule has 1 fully saturated rings. The summed E-state index contributed by atoms with van der Waals surface area (Å²) >= 11 is 1.61. The molecule has 0 spiro atoms. The molecule has 5 rings (SSSR count). The third-order valence-corrected chi connectivity index (χ3v) is 6.83. The molecule has 0 unspecified atom stereocenters. The summed E-state index contributed by atoms with van der Waals surface area (Å²) in [5.74, 6) is 0.687. The molecule has 28 heavy (non-hydrogen) atoms. The van der Waals surface area contributed by atoms with Gasteiger partial charge < -0.3 is 0 Å². The van der Waals surface area contributed by atoms with Gasteiger partial charge in [0.1, 0.15) is 11.4 Å². The minimum Gasteiger partial charge on any atom is -0.296 e. The Morgan fingerprint density at radius 3 is 2.39 bits per heavy atom. The van der Waals surface area contributed by atoms with E-state index in [4.69, 9.17) is 4.98 Å². The molecule has 0 atom stereocenters. The van der Waals surface area contributed by atoms with Crippen molar-refractivity contribution in [2.75, 3.05) is 0 Å². The number of carbonyl (C=O) groups excluding carboxylic acids is 1. The summed E-state index contributed by atoms with van der Waals surface area (Å²) in [5, 5.41) is 0.